The van der Waals surface area contributed by atoms with Crippen molar-refractivity contribution >= 4 is 23.0 Å². The van der Waals surface area contributed by atoms with E-state index in [1.807, 2.05) is 54.6 Å². The Morgan fingerprint density at radius 2 is 1.43 bits per heavy atom. The molecule has 0 unspecified atom stereocenters. The molecule has 188 valence electrons. The maximum absolute atomic E-state index is 13.6. The standard InChI is InChI=1S/C31H33N5O/c1-3-35(4-2)21-20-28(37)36-27(22-26(34-36)23-14-8-5-9-15-23)30-29(24-16-10-6-11-17-24)32-31(33-30)25-18-12-7-13-19-25/h5-19,27,31H,3-4,20-22H2,1-2H3/t27-,31+/m0/s1. The molecular weight excluding hydrogens is 458 g/mol. The number of rotatable bonds is 9. The molecule has 5 rings (SSSR count). The molecule has 0 saturated carbocycles. The molecule has 0 fully saturated rings. The van der Waals surface area contributed by atoms with Crippen molar-refractivity contribution in [3.63, 3.8) is 0 Å². The largest absolute Gasteiger partial charge is 0.303 e. The molecule has 3 aromatic carbocycles. The van der Waals surface area contributed by atoms with Gasteiger partial charge in [0, 0.05) is 24.9 Å². The van der Waals surface area contributed by atoms with Gasteiger partial charge in [-0.2, -0.15) is 5.10 Å². The Labute approximate surface area is 219 Å². The third-order valence-corrected chi connectivity index (χ3v) is 7.03. The predicted octanol–water partition coefficient (Wildman–Crippen LogP) is 5.37. The van der Waals surface area contributed by atoms with Gasteiger partial charge in [0.1, 0.15) is 6.04 Å². The number of hydrogen-bond acceptors (Lipinski definition) is 5. The van der Waals surface area contributed by atoms with E-state index in [1.54, 1.807) is 5.01 Å². The molecule has 6 nitrogen and oxygen atoms in total. The molecule has 0 saturated heterocycles. The average Bonchev–Trinajstić information content (AvgIpc) is 3.60. The average molecular weight is 492 g/mol. The summed E-state index contributed by atoms with van der Waals surface area (Å²) in [4.78, 5) is 26.1. The van der Waals surface area contributed by atoms with E-state index < -0.39 is 0 Å². The second kappa shape index (κ2) is 11.4. The fourth-order valence-corrected chi connectivity index (χ4v) is 4.91. The zero-order valence-corrected chi connectivity index (χ0v) is 21.5. The summed E-state index contributed by atoms with van der Waals surface area (Å²) in [5, 5.41) is 6.56. The van der Waals surface area contributed by atoms with Crippen LogP contribution in [0.15, 0.2) is 106 Å². The van der Waals surface area contributed by atoms with Crippen LogP contribution in [-0.4, -0.2) is 58.6 Å². The summed E-state index contributed by atoms with van der Waals surface area (Å²) >= 11 is 0. The molecule has 37 heavy (non-hydrogen) atoms. The summed E-state index contributed by atoms with van der Waals surface area (Å²) in [6.07, 6.45) is 0.685. The molecule has 2 aliphatic heterocycles. The van der Waals surface area contributed by atoms with Gasteiger partial charge < -0.3 is 4.90 Å². The molecule has 0 aliphatic carbocycles. The fraction of sp³-hybridized carbons (Fsp3) is 0.290. The summed E-state index contributed by atoms with van der Waals surface area (Å²) in [5.41, 5.74) is 5.63. The lowest BCUT2D eigenvalue weighted by molar-refractivity contribution is -0.132. The summed E-state index contributed by atoms with van der Waals surface area (Å²) in [6, 6.07) is 30.1. The second-order valence-electron chi connectivity index (χ2n) is 9.29. The predicted molar refractivity (Wildman–Crippen MR) is 150 cm³/mol. The Kier molecular flexibility index (Phi) is 7.66. The monoisotopic (exact) mass is 491 g/mol. The topological polar surface area (TPSA) is 60.6 Å². The molecule has 0 bridgehead atoms. The van der Waals surface area contributed by atoms with E-state index in [-0.39, 0.29) is 18.1 Å². The highest BCUT2D eigenvalue weighted by Crippen LogP contribution is 2.31. The van der Waals surface area contributed by atoms with Crippen molar-refractivity contribution in [1.29, 1.82) is 0 Å². The lowest BCUT2D eigenvalue weighted by atomic mass is 9.95. The number of hydrazone groups is 1. The van der Waals surface area contributed by atoms with Crippen LogP contribution in [0, 0.1) is 0 Å². The Bertz CT molecular complexity index is 1300. The molecule has 1 amide bonds. The molecule has 2 atom stereocenters. The SMILES string of the molecule is CCN(CC)CCC(=O)N1N=C(c2ccccc2)C[C@H]1C1=N[C@H](c2ccccc2)N=C1c1ccccc1. The normalized spacial score (nSPS) is 19.1. The van der Waals surface area contributed by atoms with Crippen molar-refractivity contribution in [3.05, 3.63) is 108 Å². The van der Waals surface area contributed by atoms with Crippen LogP contribution >= 0.6 is 0 Å². The van der Waals surface area contributed by atoms with E-state index in [4.69, 9.17) is 15.1 Å². The van der Waals surface area contributed by atoms with Gasteiger partial charge in [-0.1, -0.05) is 105 Å². The van der Waals surface area contributed by atoms with Crippen molar-refractivity contribution in [2.45, 2.75) is 38.9 Å². The van der Waals surface area contributed by atoms with Crippen molar-refractivity contribution in [2.75, 3.05) is 19.6 Å². The minimum Gasteiger partial charge on any atom is -0.303 e. The third kappa shape index (κ3) is 5.44. The number of carbonyl (C=O) groups excluding carboxylic acids is 1. The lowest BCUT2D eigenvalue weighted by Crippen LogP contribution is -2.42. The number of benzene rings is 3. The Balaban J connectivity index is 1.52. The van der Waals surface area contributed by atoms with Crippen molar-refractivity contribution in [1.82, 2.24) is 9.91 Å². The van der Waals surface area contributed by atoms with E-state index in [2.05, 4.69) is 55.1 Å². The molecule has 6 heteroatoms. The number of amides is 1. The van der Waals surface area contributed by atoms with E-state index >= 15 is 0 Å². The summed E-state index contributed by atoms with van der Waals surface area (Å²) < 4.78 is 0. The van der Waals surface area contributed by atoms with Crippen LogP contribution in [0.4, 0.5) is 0 Å². The van der Waals surface area contributed by atoms with Crippen LogP contribution in [0.1, 0.15) is 49.5 Å². The van der Waals surface area contributed by atoms with Gasteiger partial charge in [-0.05, 0) is 24.2 Å². The number of hydrogen-bond donors (Lipinski definition) is 0. The molecule has 2 aliphatic rings. The Morgan fingerprint density at radius 3 is 2.05 bits per heavy atom. The molecule has 0 radical (unpaired) electrons. The molecule has 0 N–H and O–H groups in total. The Hall–Kier alpha value is -3.90. The maximum Gasteiger partial charge on any atom is 0.244 e. The maximum atomic E-state index is 13.6. The van der Waals surface area contributed by atoms with Crippen LogP contribution in [0.25, 0.3) is 0 Å². The molecular formula is C31H33N5O. The highest BCUT2D eigenvalue weighted by atomic mass is 16.2. The first-order valence-corrected chi connectivity index (χ1v) is 13.1. The zero-order valence-electron chi connectivity index (χ0n) is 21.5. The molecule has 2 heterocycles. The van der Waals surface area contributed by atoms with Gasteiger partial charge in [-0.25, -0.2) is 5.01 Å². The minimum absolute atomic E-state index is 0.0149. The summed E-state index contributed by atoms with van der Waals surface area (Å²) in [5.74, 6) is 0.0149. The highest BCUT2D eigenvalue weighted by molar-refractivity contribution is 6.51. The van der Waals surface area contributed by atoms with Gasteiger partial charge >= 0.3 is 0 Å². The quantitative estimate of drug-likeness (QED) is 0.404. The van der Waals surface area contributed by atoms with Crippen molar-refractivity contribution in [2.24, 2.45) is 15.1 Å². The van der Waals surface area contributed by atoms with E-state index in [9.17, 15) is 4.79 Å². The van der Waals surface area contributed by atoms with Crippen LogP contribution < -0.4 is 0 Å². The number of carbonyl (C=O) groups is 1. The van der Waals surface area contributed by atoms with Crippen LogP contribution in [0.2, 0.25) is 0 Å². The molecule has 0 aromatic heterocycles. The molecule has 3 aromatic rings. The third-order valence-electron chi connectivity index (χ3n) is 7.03. The van der Waals surface area contributed by atoms with Gasteiger partial charge in [0.15, 0.2) is 6.17 Å². The van der Waals surface area contributed by atoms with Gasteiger partial charge in [0.25, 0.3) is 0 Å². The summed E-state index contributed by atoms with van der Waals surface area (Å²) in [6.45, 7) is 6.80. The molecule has 0 spiro atoms. The first kappa shape index (κ1) is 24.8. The zero-order chi connectivity index (χ0) is 25.6. The smallest absolute Gasteiger partial charge is 0.244 e. The minimum atomic E-state index is -0.334. The van der Waals surface area contributed by atoms with E-state index in [0.29, 0.717) is 19.4 Å². The highest BCUT2D eigenvalue weighted by Gasteiger charge is 2.40. The Morgan fingerprint density at radius 1 is 0.838 bits per heavy atom. The fourth-order valence-electron chi connectivity index (χ4n) is 4.91. The second-order valence-corrected chi connectivity index (χ2v) is 9.29. The van der Waals surface area contributed by atoms with Crippen LogP contribution in [0.5, 0.6) is 0 Å². The van der Waals surface area contributed by atoms with E-state index in [0.717, 1.165) is 46.9 Å². The van der Waals surface area contributed by atoms with E-state index in [1.165, 1.54) is 0 Å². The van der Waals surface area contributed by atoms with Gasteiger partial charge in [0.2, 0.25) is 5.91 Å². The van der Waals surface area contributed by atoms with Gasteiger partial charge in [0.05, 0.1) is 17.1 Å². The van der Waals surface area contributed by atoms with Gasteiger partial charge in [-0.3, -0.25) is 14.8 Å². The van der Waals surface area contributed by atoms with Crippen LogP contribution in [-0.2, 0) is 4.79 Å². The number of aliphatic imine (C=N–C) groups is 2. The number of nitrogens with zero attached hydrogens (tertiary/aromatic N) is 5. The first-order chi connectivity index (χ1) is 18.2. The van der Waals surface area contributed by atoms with Crippen molar-refractivity contribution in [3.8, 4) is 0 Å². The first-order valence-electron chi connectivity index (χ1n) is 13.1. The summed E-state index contributed by atoms with van der Waals surface area (Å²) in [7, 11) is 0. The van der Waals surface area contributed by atoms with Gasteiger partial charge in [-0.15, -0.1) is 0 Å². The van der Waals surface area contributed by atoms with Crippen LogP contribution in [0.3, 0.4) is 0 Å². The lowest BCUT2D eigenvalue weighted by Gasteiger charge is -2.24. The van der Waals surface area contributed by atoms with Crippen molar-refractivity contribution < 1.29 is 4.79 Å².